The number of carbonyl (C=O) groups is 1. The molecule has 1 aliphatic heterocycles. The average Bonchev–Trinajstić information content (AvgIpc) is 2.94. The molecule has 2 heterocycles. The van der Waals surface area contributed by atoms with Crippen molar-refractivity contribution >= 4 is 46.8 Å². The first-order valence-electron chi connectivity index (χ1n) is 7.19. The van der Waals surface area contributed by atoms with Crippen molar-refractivity contribution in [1.29, 1.82) is 0 Å². The van der Waals surface area contributed by atoms with Crippen molar-refractivity contribution in [3.63, 3.8) is 0 Å². The Morgan fingerprint density at radius 2 is 2.17 bits per heavy atom. The highest BCUT2D eigenvalue weighted by atomic mass is 35.5. The van der Waals surface area contributed by atoms with Gasteiger partial charge < -0.3 is 16.2 Å². The van der Waals surface area contributed by atoms with Crippen molar-refractivity contribution < 1.29 is 9.90 Å². The SMILES string of the molecule is CCNC(=O)C1Cc2c(nc(N)nc2-c2cc(O)c(Cl)cc2Cl)S1. The van der Waals surface area contributed by atoms with Crippen molar-refractivity contribution in [3.05, 3.63) is 27.7 Å². The van der Waals surface area contributed by atoms with Crippen LogP contribution in [-0.4, -0.2) is 32.8 Å². The predicted octanol–water partition coefficient (Wildman–Crippen LogP) is 2.89. The molecule has 0 bridgehead atoms. The average molecular weight is 385 g/mol. The van der Waals surface area contributed by atoms with E-state index in [4.69, 9.17) is 28.9 Å². The second kappa shape index (κ2) is 6.66. The molecule has 3 rings (SSSR count). The van der Waals surface area contributed by atoms with E-state index in [1.807, 2.05) is 6.92 Å². The maximum atomic E-state index is 12.1. The van der Waals surface area contributed by atoms with Crippen LogP contribution in [0.3, 0.4) is 0 Å². The van der Waals surface area contributed by atoms with Crippen LogP contribution in [0.1, 0.15) is 12.5 Å². The number of amides is 1. The van der Waals surface area contributed by atoms with E-state index in [0.29, 0.717) is 34.3 Å². The number of aromatic nitrogens is 2. The zero-order valence-electron chi connectivity index (χ0n) is 12.6. The maximum absolute atomic E-state index is 12.1. The van der Waals surface area contributed by atoms with Crippen molar-refractivity contribution in [3.8, 4) is 17.0 Å². The van der Waals surface area contributed by atoms with Crippen LogP contribution in [0, 0.1) is 0 Å². The lowest BCUT2D eigenvalue weighted by atomic mass is 10.0. The largest absolute Gasteiger partial charge is 0.506 e. The van der Waals surface area contributed by atoms with Gasteiger partial charge in [0.1, 0.15) is 10.8 Å². The summed E-state index contributed by atoms with van der Waals surface area (Å²) >= 11 is 13.5. The van der Waals surface area contributed by atoms with Gasteiger partial charge in [-0.1, -0.05) is 35.0 Å². The topological polar surface area (TPSA) is 101 Å². The highest BCUT2D eigenvalue weighted by Gasteiger charge is 2.33. The monoisotopic (exact) mass is 384 g/mol. The molecule has 0 radical (unpaired) electrons. The predicted molar refractivity (Wildman–Crippen MR) is 95.6 cm³/mol. The second-order valence-electron chi connectivity index (χ2n) is 5.20. The number of rotatable bonds is 3. The molecule has 1 atom stereocenters. The van der Waals surface area contributed by atoms with Gasteiger partial charge in [-0.15, -0.1) is 0 Å². The zero-order chi connectivity index (χ0) is 17.4. The first-order valence-corrected chi connectivity index (χ1v) is 8.83. The standard InChI is InChI=1S/C15H14Cl2N4O2S/c1-2-19-13(23)11-4-7-12(20-15(18)21-14(7)24-11)6-3-10(22)9(17)5-8(6)16/h3,5,11,22H,2,4H2,1H3,(H,19,23)(H2,18,20,21). The van der Waals surface area contributed by atoms with Crippen LogP contribution in [-0.2, 0) is 11.2 Å². The van der Waals surface area contributed by atoms with E-state index in [1.165, 1.54) is 23.9 Å². The van der Waals surface area contributed by atoms with Gasteiger partial charge in [-0.3, -0.25) is 4.79 Å². The van der Waals surface area contributed by atoms with Crippen LogP contribution < -0.4 is 11.1 Å². The van der Waals surface area contributed by atoms with Crippen LogP contribution in [0.25, 0.3) is 11.3 Å². The van der Waals surface area contributed by atoms with Crippen molar-refractivity contribution in [2.75, 3.05) is 12.3 Å². The number of hydrogen-bond acceptors (Lipinski definition) is 6. The van der Waals surface area contributed by atoms with E-state index in [9.17, 15) is 9.90 Å². The van der Waals surface area contributed by atoms with E-state index in [0.717, 1.165) is 5.56 Å². The summed E-state index contributed by atoms with van der Waals surface area (Å²) in [6, 6.07) is 2.89. The molecular weight excluding hydrogens is 371 g/mol. The molecule has 24 heavy (non-hydrogen) atoms. The Hall–Kier alpha value is -1.70. The van der Waals surface area contributed by atoms with E-state index in [-0.39, 0.29) is 27.9 Å². The molecule has 9 heteroatoms. The van der Waals surface area contributed by atoms with E-state index < -0.39 is 0 Å². The Morgan fingerprint density at radius 3 is 2.88 bits per heavy atom. The number of fused-ring (bicyclic) bond motifs is 1. The van der Waals surface area contributed by atoms with Crippen molar-refractivity contribution in [2.24, 2.45) is 0 Å². The van der Waals surface area contributed by atoms with Gasteiger partial charge in [0.25, 0.3) is 0 Å². The third kappa shape index (κ3) is 3.11. The summed E-state index contributed by atoms with van der Waals surface area (Å²) in [5.74, 6) is -0.0821. The zero-order valence-corrected chi connectivity index (χ0v) is 15.0. The Labute approximate surface area is 152 Å². The number of phenolic OH excluding ortho intramolecular Hbond substituents is 1. The second-order valence-corrected chi connectivity index (χ2v) is 7.21. The number of anilines is 1. The van der Waals surface area contributed by atoms with Gasteiger partial charge in [0.2, 0.25) is 11.9 Å². The molecule has 0 fully saturated rings. The van der Waals surface area contributed by atoms with Crippen LogP contribution >= 0.6 is 35.0 Å². The molecule has 4 N–H and O–H groups in total. The molecular formula is C15H14Cl2N4O2S. The number of halogens is 2. The highest BCUT2D eigenvalue weighted by Crippen LogP contribution is 2.43. The molecule has 0 saturated heterocycles. The normalized spacial score (nSPS) is 16.0. The molecule has 1 aromatic carbocycles. The number of thioether (sulfide) groups is 1. The molecule has 0 aliphatic carbocycles. The third-order valence-electron chi connectivity index (χ3n) is 3.56. The molecule has 0 saturated carbocycles. The highest BCUT2D eigenvalue weighted by molar-refractivity contribution is 8.00. The number of nitrogen functional groups attached to an aromatic ring is 1. The number of nitrogens with one attached hydrogen (secondary N) is 1. The van der Waals surface area contributed by atoms with Gasteiger partial charge in [-0.25, -0.2) is 9.97 Å². The van der Waals surface area contributed by atoms with Gasteiger partial charge in [0.05, 0.1) is 21.0 Å². The molecule has 1 unspecified atom stereocenters. The number of carbonyl (C=O) groups excluding carboxylic acids is 1. The number of phenols is 1. The summed E-state index contributed by atoms with van der Waals surface area (Å²) in [4.78, 5) is 20.6. The molecule has 1 aliphatic rings. The van der Waals surface area contributed by atoms with E-state index >= 15 is 0 Å². The van der Waals surface area contributed by atoms with Gasteiger partial charge in [-0.05, 0) is 25.5 Å². The van der Waals surface area contributed by atoms with Gasteiger partial charge in [0, 0.05) is 17.7 Å². The number of hydrogen-bond donors (Lipinski definition) is 3. The van der Waals surface area contributed by atoms with Crippen LogP contribution in [0.15, 0.2) is 17.2 Å². The Kier molecular flexibility index (Phi) is 4.76. The Balaban J connectivity index is 2.07. The van der Waals surface area contributed by atoms with Gasteiger partial charge in [-0.2, -0.15) is 0 Å². The van der Waals surface area contributed by atoms with E-state index in [1.54, 1.807) is 0 Å². The number of nitrogens with two attached hydrogens (primary N) is 1. The molecule has 1 aromatic heterocycles. The summed E-state index contributed by atoms with van der Waals surface area (Å²) in [6.07, 6.45) is 0.459. The third-order valence-corrected chi connectivity index (χ3v) is 5.41. The van der Waals surface area contributed by atoms with Crippen LogP contribution in [0.2, 0.25) is 10.0 Å². The quantitative estimate of drug-likeness (QED) is 0.703. The lowest BCUT2D eigenvalue weighted by Gasteiger charge is -2.11. The fraction of sp³-hybridized carbons (Fsp3) is 0.267. The summed E-state index contributed by atoms with van der Waals surface area (Å²) in [5.41, 5.74) is 7.59. The maximum Gasteiger partial charge on any atom is 0.233 e. The molecule has 2 aromatic rings. The summed E-state index contributed by atoms with van der Waals surface area (Å²) in [5, 5.41) is 13.5. The first-order chi connectivity index (χ1) is 11.4. The number of nitrogens with zero attached hydrogens (tertiary/aromatic N) is 2. The van der Waals surface area contributed by atoms with Crippen LogP contribution in [0.4, 0.5) is 5.95 Å². The van der Waals surface area contributed by atoms with Gasteiger partial charge in [0.15, 0.2) is 0 Å². The minimum Gasteiger partial charge on any atom is -0.506 e. The number of aromatic hydroxyl groups is 1. The fourth-order valence-corrected chi connectivity index (χ4v) is 4.15. The molecule has 1 amide bonds. The van der Waals surface area contributed by atoms with Gasteiger partial charge >= 0.3 is 0 Å². The molecule has 126 valence electrons. The lowest BCUT2D eigenvalue weighted by molar-refractivity contribution is -0.120. The number of benzene rings is 1. The minimum absolute atomic E-state index is 0.0601. The minimum atomic E-state index is -0.297. The molecule has 6 nitrogen and oxygen atoms in total. The summed E-state index contributed by atoms with van der Waals surface area (Å²) < 4.78 is 0. The van der Waals surface area contributed by atoms with E-state index in [2.05, 4.69) is 15.3 Å². The Bertz CT molecular complexity index is 832. The summed E-state index contributed by atoms with van der Waals surface area (Å²) in [6.45, 7) is 2.42. The first kappa shape index (κ1) is 17.1. The van der Waals surface area contributed by atoms with Crippen molar-refractivity contribution in [2.45, 2.75) is 23.6 Å². The Morgan fingerprint density at radius 1 is 1.42 bits per heavy atom. The molecule has 0 spiro atoms. The van der Waals surface area contributed by atoms with Crippen LogP contribution in [0.5, 0.6) is 5.75 Å². The lowest BCUT2D eigenvalue weighted by Crippen LogP contribution is -2.32. The van der Waals surface area contributed by atoms with Crippen molar-refractivity contribution in [1.82, 2.24) is 15.3 Å². The fourth-order valence-electron chi connectivity index (χ4n) is 2.50. The summed E-state index contributed by atoms with van der Waals surface area (Å²) in [7, 11) is 0. The smallest absolute Gasteiger partial charge is 0.233 e.